The molecule has 0 unspecified atom stereocenters. The van der Waals surface area contributed by atoms with E-state index < -0.39 is 0 Å². The molecule has 2 aliphatic rings. The monoisotopic (exact) mass is 720 g/mol. The zero-order valence-electron chi connectivity index (χ0n) is 31.5. The number of anilines is 2. The van der Waals surface area contributed by atoms with Gasteiger partial charge in [-0.1, -0.05) is 45.0 Å². The maximum absolute atomic E-state index is 13.4. The van der Waals surface area contributed by atoms with Crippen molar-refractivity contribution in [3.05, 3.63) is 83.9 Å². The Balaban J connectivity index is 1.01. The lowest BCUT2D eigenvalue weighted by atomic mass is 9.79. The second kappa shape index (κ2) is 15.6. The molecule has 1 aromatic carbocycles. The average Bonchev–Trinajstić information content (AvgIpc) is 3.76. The van der Waals surface area contributed by atoms with Crippen molar-refractivity contribution in [1.82, 2.24) is 29.4 Å². The molecule has 5 aromatic rings. The van der Waals surface area contributed by atoms with Gasteiger partial charge in [0.15, 0.2) is 5.65 Å². The number of pyridine rings is 2. The molecular formula is C41H52N8O4. The maximum Gasteiger partial charge on any atom is 0.232 e. The van der Waals surface area contributed by atoms with Crippen molar-refractivity contribution in [2.45, 2.75) is 116 Å². The van der Waals surface area contributed by atoms with E-state index in [1.54, 1.807) is 23.1 Å². The molecule has 4 aromatic heterocycles. The standard InChI is InChI=1S/C41H52N8O4/c1-27-10-8-11-28(2)48(27)40-45-44-37-19-17-31(26-47(37)40)53-35-18-16-29(33-13-6-7-14-34(33)35)12-9-15-39(51)43-38-23-36(41(3,4)5)46-49(38)30-22-32(25-42-24-30)52-21-20-50/h6-7,13-14,17,19,22-29,35,50H,8-12,15-16,18,20-21H2,1-5H3,(H,43,51)/t27-,28+,29-,35+/m0/s1. The molecule has 280 valence electrons. The Labute approximate surface area is 311 Å². The number of fused-ring (bicyclic) bond motifs is 2. The molecule has 2 N–H and O–H groups in total. The van der Waals surface area contributed by atoms with Gasteiger partial charge in [-0.15, -0.1) is 10.2 Å². The number of aliphatic hydroxyl groups is 1. The Kier molecular flexibility index (Phi) is 10.7. The van der Waals surface area contributed by atoms with E-state index in [0.29, 0.717) is 41.7 Å². The van der Waals surface area contributed by atoms with Gasteiger partial charge in [-0.2, -0.15) is 5.10 Å². The molecule has 12 heteroatoms. The van der Waals surface area contributed by atoms with Gasteiger partial charge in [0.1, 0.15) is 30.0 Å². The predicted molar refractivity (Wildman–Crippen MR) is 205 cm³/mol. The van der Waals surface area contributed by atoms with E-state index in [1.807, 2.05) is 24.4 Å². The molecule has 5 heterocycles. The molecule has 0 spiro atoms. The topological polar surface area (TPSA) is 132 Å². The van der Waals surface area contributed by atoms with E-state index in [-0.39, 0.29) is 30.6 Å². The number of carbonyl (C=O) groups is 1. The van der Waals surface area contributed by atoms with Crippen LogP contribution in [0.25, 0.3) is 11.3 Å². The van der Waals surface area contributed by atoms with Gasteiger partial charge >= 0.3 is 0 Å². The highest BCUT2D eigenvalue weighted by molar-refractivity contribution is 5.90. The van der Waals surface area contributed by atoms with Crippen molar-refractivity contribution >= 4 is 23.3 Å². The third-order valence-corrected chi connectivity index (χ3v) is 10.6. The normalized spacial score (nSPS) is 20.3. The smallest absolute Gasteiger partial charge is 0.232 e. The summed E-state index contributed by atoms with van der Waals surface area (Å²) in [6.07, 6.45) is 12.7. The summed E-state index contributed by atoms with van der Waals surface area (Å²) in [6, 6.07) is 17.1. The molecule has 7 rings (SSSR count). The van der Waals surface area contributed by atoms with Crippen LogP contribution >= 0.6 is 0 Å². The van der Waals surface area contributed by atoms with Crippen molar-refractivity contribution in [2.24, 2.45) is 0 Å². The fourth-order valence-electron chi connectivity index (χ4n) is 7.86. The minimum Gasteiger partial charge on any atom is -0.490 e. The first-order valence-corrected chi connectivity index (χ1v) is 19.1. The van der Waals surface area contributed by atoms with Gasteiger partial charge in [0.25, 0.3) is 0 Å². The number of hydrogen-bond acceptors (Lipinski definition) is 9. The van der Waals surface area contributed by atoms with Crippen LogP contribution in [0, 0.1) is 0 Å². The first kappa shape index (κ1) is 36.4. The lowest BCUT2D eigenvalue weighted by Gasteiger charge is -2.39. The predicted octanol–water partition coefficient (Wildman–Crippen LogP) is 7.55. The molecule has 0 radical (unpaired) electrons. The quantitative estimate of drug-likeness (QED) is 0.134. The van der Waals surface area contributed by atoms with Crippen molar-refractivity contribution in [3.8, 4) is 17.2 Å². The second-order valence-electron chi connectivity index (χ2n) is 15.6. The fraction of sp³-hybridized carbons (Fsp3) is 0.488. The zero-order valence-corrected chi connectivity index (χ0v) is 31.5. The highest BCUT2D eigenvalue weighted by Crippen LogP contribution is 2.42. The molecule has 4 atom stereocenters. The van der Waals surface area contributed by atoms with Crippen LogP contribution in [0.1, 0.15) is 115 Å². The Morgan fingerprint density at radius 2 is 1.75 bits per heavy atom. The van der Waals surface area contributed by atoms with E-state index in [4.69, 9.17) is 14.6 Å². The molecule has 53 heavy (non-hydrogen) atoms. The SMILES string of the molecule is C[C@@H]1CCC[C@H](C)N1c1nnc2ccc(O[C@@H]3CC[C@H](CCCC(=O)Nc4cc(C(C)(C)C)nn4-c4cncc(OCCO)c4)c4ccccc43)cn12. The van der Waals surface area contributed by atoms with Crippen molar-refractivity contribution < 1.29 is 19.4 Å². The number of nitrogens with zero attached hydrogens (tertiary/aromatic N) is 7. The van der Waals surface area contributed by atoms with Crippen LogP contribution in [0.3, 0.4) is 0 Å². The number of carbonyl (C=O) groups excluding carboxylic acids is 1. The lowest BCUT2D eigenvalue weighted by molar-refractivity contribution is -0.116. The number of nitrogens with one attached hydrogen (secondary N) is 1. The van der Waals surface area contributed by atoms with E-state index in [2.05, 4.69) is 88.7 Å². The van der Waals surface area contributed by atoms with Crippen LogP contribution in [0.2, 0.25) is 0 Å². The van der Waals surface area contributed by atoms with E-state index in [0.717, 1.165) is 61.6 Å². The third kappa shape index (κ3) is 8.02. The Morgan fingerprint density at radius 1 is 0.962 bits per heavy atom. The summed E-state index contributed by atoms with van der Waals surface area (Å²) < 4.78 is 16.1. The molecule has 1 aliphatic heterocycles. The summed E-state index contributed by atoms with van der Waals surface area (Å²) >= 11 is 0. The summed E-state index contributed by atoms with van der Waals surface area (Å²) in [6.45, 7) is 10.9. The summed E-state index contributed by atoms with van der Waals surface area (Å²) in [5.41, 5.74) is 4.62. The highest BCUT2D eigenvalue weighted by Gasteiger charge is 2.31. The van der Waals surface area contributed by atoms with Crippen LogP contribution in [0.5, 0.6) is 11.5 Å². The van der Waals surface area contributed by atoms with Gasteiger partial charge in [0.05, 0.1) is 36.6 Å². The summed E-state index contributed by atoms with van der Waals surface area (Å²) in [5.74, 6) is 3.08. The zero-order chi connectivity index (χ0) is 37.1. The Hall–Kier alpha value is -4.97. The van der Waals surface area contributed by atoms with Gasteiger partial charge in [-0.25, -0.2) is 4.68 Å². The molecule has 1 fully saturated rings. The number of ether oxygens (including phenoxy) is 2. The highest BCUT2D eigenvalue weighted by atomic mass is 16.5. The van der Waals surface area contributed by atoms with Crippen LogP contribution < -0.4 is 19.7 Å². The summed E-state index contributed by atoms with van der Waals surface area (Å²) in [7, 11) is 0. The van der Waals surface area contributed by atoms with Gasteiger partial charge < -0.3 is 24.8 Å². The molecule has 0 bridgehead atoms. The molecule has 1 amide bonds. The number of hydrogen-bond donors (Lipinski definition) is 2. The number of benzene rings is 1. The fourth-order valence-corrected chi connectivity index (χ4v) is 7.86. The van der Waals surface area contributed by atoms with Gasteiger partial charge in [0, 0.05) is 36.1 Å². The number of rotatable bonds is 12. The molecular weight excluding hydrogens is 669 g/mol. The number of aliphatic hydroxyl groups excluding tert-OH is 1. The van der Waals surface area contributed by atoms with E-state index in [1.165, 1.54) is 17.5 Å². The van der Waals surface area contributed by atoms with E-state index in [9.17, 15) is 9.90 Å². The Morgan fingerprint density at radius 3 is 2.53 bits per heavy atom. The van der Waals surface area contributed by atoms with Gasteiger partial charge in [-0.05, 0) is 88.0 Å². The van der Waals surface area contributed by atoms with Crippen LogP contribution in [-0.4, -0.2) is 65.7 Å². The molecule has 1 aliphatic carbocycles. The van der Waals surface area contributed by atoms with Crippen molar-refractivity contribution in [2.75, 3.05) is 23.4 Å². The minimum atomic E-state index is -0.226. The third-order valence-electron chi connectivity index (χ3n) is 10.6. The summed E-state index contributed by atoms with van der Waals surface area (Å²) in [5, 5.41) is 26.2. The maximum atomic E-state index is 13.4. The van der Waals surface area contributed by atoms with Crippen molar-refractivity contribution in [1.29, 1.82) is 0 Å². The van der Waals surface area contributed by atoms with Crippen LogP contribution in [0.4, 0.5) is 11.8 Å². The molecule has 12 nitrogen and oxygen atoms in total. The van der Waals surface area contributed by atoms with Crippen molar-refractivity contribution in [3.63, 3.8) is 0 Å². The first-order chi connectivity index (χ1) is 25.6. The lowest BCUT2D eigenvalue weighted by Crippen LogP contribution is -2.44. The largest absolute Gasteiger partial charge is 0.490 e. The summed E-state index contributed by atoms with van der Waals surface area (Å²) in [4.78, 5) is 20.1. The van der Waals surface area contributed by atoms with E-state index >= 15 is 0 Å². The first-order valence-electron chi connectivity index (χ1n) is 19.1. The average molecular weight is 721 g/mol. The molecule has 0 saturated carbocycles. The van der Waals surface area contributed by atoms with Gasteiger partial charge in [-0.3, -0.25) is 14.2 Å². The number of amides is 1. The minimum absolute atomic E-state index is 0.0599. The van der Waals surface area contributed by atoms with Crippen LogP contribution in [-0.2, 0) is 10.2 Å². The van der Waals surface area contributed by atoms with Gasteiger partial charge in [0.2, 0.25) is 11.9 Å². The number of aromatic nitrogens is 6. The number of piperidine rings is 1. The molecule has 1 saturated heterocycles. The van der Waals surface area contributed by atoms with Crippen LogP contribution in [0.15, 0.2) is 67.1 Å². The second-order valence-corrected chi connectivity index (χ2v) is 15.6. The Bertz CT molecular complexity index is 2020.